The van der Waals surface area contributed by atoms with Gasteiger partial charge in [0.25, 0.3) is 5.56 Å². The van der Waals surface area contributed by atoms with Crippen LogP contribution in [0.3, 0.4) is 0 Å². The number of thioether (sulfide) groups is 1. The lowest BCUT2D eigenvalue weighted by molar-refractivity contribution is -0.145. The van der Waals surface area contributed by atoms with Crippen LogP contribution in [0.25, 0.3) is 11.0 Å². The first-order valence-corrected chi connectivity index (χ1v) is 10.0. The summed E-state index contributed by atoms with van der Waals surface area (Å²) in [4.78, 5) is 57.3. The van der Waals surface area contributed by atoms with Crippen molar-refractivity contribution in [2.24, 2.45) is 14.1 Å². The molecular weight excluding hydrogens is 384 g/mol. The number of aryl methyl sites for hydroxylation is 2. The third-order valence-corrected chi connectivity index (χ3v) is 5.12. The van der Waals surface area contributed by atoms with Crippen molar-refractivity contribution in [3.63, 3.8) is 0 Å². The maximum Gasteiger partial charge on any atom is 0.332 e. The molecule has 9 nitrogen and oxygen atoms in total. The molecule has 0 radical (unpaired) electrons. The van der Waals surface area contributed by atoms with Gasteiger partial charge < -0.3 is 4.74 Å². The van der Waals surface area contributed by atoms with Gasteiger partial charge in [0.1, 0.15) is 22.7 Å². The van der Waals surface area contributed by atoms with E-state index in [1.807, 2.05) is 6.92 Å². The molecule has 2 heterocycles. The Kier molecular flexibility index (Phi) is 7.50. The topological polar surface area (TPSA) is 113 Å². The van der Waals surface area contributed by atoms with E-state index in [0.29, 0.717) is 17.3 Å². The number of unbranched alkanes of at least 4 members (excludes halogenated alkanes) is 1. The summed E-state index contributed by atoms with van der Waals surface area (Å²) in [5.74, 6) is -0.433. The predicted octanol–water partition coefficient (Wildman–Crippen LogP) is 0.984. The Balaban J connectivity index is 2.44. The van der Waals surface area contributed by atoms with E-state index in [1.165, 1.54) is 11.6 Å². The van der Waals surface area contributed by atoms with Crippen LogP contribution in [0.4, 0.5) is 0 Å². The molecule has 0 spiro atoms. The zero-order valence-corrected chi connectivity index (χ0v) is 17.3. The standard InChI is InChI=1S/C18H24N4O5S/c1-5-7-8-12-19-15-14(17(25)22(4)18(26)21(15)3)16(20-12)28-10-11(23)9-13(24)27-6-2/h5-10H2,1-4H3. The van der Waals surface area contributed by atoms with Crippen LogP contribution < -0.4 is 11.2 Å². The minimum absolute atomic E-state index is 0.0376. The molecule has 0 unspecified atom stereocenters. The van der Waals surface area contributed by atoms with Crippen LogP contribution >= 0.6 is 11.8 Å². The summed E-state index contributed by atoms with van der Waals surface area (Å²) in [5.41, 5.74) is -0.748. The molecule has 2 rings (SSSR count). The highest BCUT2D eigenvalue weighted by molar-refractivity contribution is 8.00. The number of rotatable bonds is 9. The Hall–Kier alpha value is -2.49. The fourth-order valence-corrected chi connectivity index (χ4v) is 3.49. The van der Waals surface area contributed by atoms with Crippen LogP contribution in [-0.4, -0.2) is 43.2 Å². The summed E-state index contributed by atoms with van der Waals surface area (Å²) in [5, 5.41) is 0.531. The molecule has 0 saturated heterocycles. The fraction of sp³-hybridized carbons (Fsp3) is 0.556. The molecule has 0 amide bonds. The molecule has 0 N–H and O–H groups in total. The number of nitrogens with zero attached hydrogens (tertiary/aromatic N) is 4. The number of carbonyl (C=O) groups excluding carboxylic acids is 2. The zero-order valence-electron chi connectivity index (χ0n) is 16.5. The average molecular weight is 408 g/mol. The number of Topliss-reactive ketones (excluding diaryl/α,β-unsaturated/α-hetero) is 1. The second-order valence-electron chi connectivity index (χ2n) is 6.26. The van der Waals surface area contributed by atoms with E-state index in [9.17, 15) is 19.2 Å². The molecule has 10 heteroatoms. The van der Waals surface area contributed by atoms with Crippen LogP contribution in [0.2, 0.25) is 0 Å². The van der Waals surface area contributed by atoms with Crippen LogP contribution in [0.1, 0.15) is 38.9 Å². The number of fused-ring (bicyclic) bond motifs is 1. The van der Waals surface area contributed by atoms with Crippen molar-refractivity contribution >= 4 is 34.5 Å². The van der Waals surface area contributed by atoms with Crippen molar-refractivity contribution in [3.05, 3.63) is 26.7 Å². The highest BCUT2D eigenvalue weighted by Crippen LogP contribution is 2.23. The van der Waals surface area contributed by atoms with Gasteiger partial charge in [0.2, 0.25) is 0 Å². The van der Waals surface area contributed by atoms with Crippen LogP contribution in [0, 0.1) is 0 Å². The van der Waals surface area contributed by atoms with Gasteiger partial charge in [-0.1, -0.05) is 25.1 Å². The number of aromatic nitrogens is 4. The van der Waals surface area contributed by atoms with Gasteiger partial charge >= 0.3 is 11.7 Å². The highest BCUT2D eigenvalue weighted by atomic mass is 32.2. The van der Waals surface area contributed by atoms with Crippen molar-refractivity contribution in [1.82, 2.24) is 19.1 Å². The lowest BCUT2D eigenvalue weighted by Crippen LogP contribution is -2.38. The number of ketones is 1. The normalized spacial score (nSPS) is 11.0. The van der Waals surface area contributed by atoms with E-state index in [1.54, 1.807) is 14.0 Å². The van der Waals surface area contributed by atoms with Gasteiger partial charge in [0, 0.05) is 20.5 Å². The van der Waals surface area contributed by atoms with E-state index >= 15 is 0 Å². The smallest absolute Gasteiger partial charge is 0.332 e. The summed E-state index contributed by atoms with van der Waals surface area (Å²) >= 11 is 1.07. The lowest BCUT2D eigenvalue weighted by Gasteiger charge is -2.11. The van der Waals surface area contributed by atoms with Crippen molar-refractivity contribution in [2.45, 2.75) is 44.6 Å². The lowest BCUT2D eigenvalue weighted by atomic mass is 10.2. The Labute approximate surface area is 166 Å². The average Bonchev–Trinajstić information content (AvgIpc) is 2.67. The van der Waals surface area contributed by atoms with Crippen LogP contribution in [0.5, 0.6) is 0 Å². The minimum atomic E-state index is -0.581. The third kappa shape index (κ3) is 4.86. The fourth-order valence-electron chi connectivity index (χ4n) is 2.60. The number of hydrogen-bond acceptors (Lipinski definition) is 8. The van der Waals surface area contributed by atoms with E-state index in [4.69, 9.17) is 4.74 Å². The minimum Gasteiger partial charge on any atom is -0.466 e. The predicted molar refractivity (Wildman–Crippen MR) is 106 cm³/mol. The van der Waals surface area contributed by atoms with Gasteiger partial charge in [-0.15, -0.1) is 0 Å². The number of ether oxygens (including phenoxy) is 1. The van der Waals surface area contributed by atoms with E-state index in [0.717, 1.165) is 29.2 Å². The summed E-state index contributed by atoms with van der Waals surface area (Å²) < 4.78 is 7.07. The van der Waals surface area contributed by atoms with Crippen molar-refractivity contribution in [2.75, 3.05) is 12.4 Å². The summed E-state index contributed by atoms with van der Waals surface area (Å²) in [6, 6.07) is 0. The van der Waals surface area contributed by atoms with Gasteiger partial charge in [-0.25, -0.2) is 14.8 Å². The second kappa shape index (κ2) is 9.63. The van der Waals surface area contributed by atoms with Gasteiger partial charge in [0.05, 0.1) is 12.4 Å². The van der Waals surface area contributed by atoms with E-state index < -0.39 is 17.2 Å². The molecule has 152 valence electrons. The summed E-state index contributed by atoms with van der Waals surface area (Å²) in [7, 11) is 2.93. The second-order valence-corrected chi connectivity index (χ2v) is 7.23. The Morgan fingerprint density at radius 1 is 1.11 bits per heavy atom. The molecular formula is C18H24N4O5S. The Morgan fingerprint density at radius 2 is 1.82 bits per heavy atom. The Morgan fingerprint density at radius 3 is 2.46 bits per heavy atom. The monoisotopic (exact) mass is 408 g/mol. The molecule has 0 aliphatic carbocycles. The molecule has 0 aliphatic rings. The van der Waals surface area contributed by atoms with Gasteiger partial charge in [-0.05, 0) is 13.3 Å². The van der Waals surface area contributed by atoms with Crippen LogP contribution in [0.15, 0.2) is 14.6 Å². The number of hydrogen-bond donors (Lipinski definition) is 0. The molecule has 0 bridgehead atoms. The first kappa shape index (κ1) is 21.8. The maximum atomic E-state index is 12.7. The molecule has 0 fully saturated rings. The summed E-state index contributed by atoms with van der Waals surface area (Å²) in [6.07, 6.45) is 2.07. The van der Waals surface area contributed by atoms with Crippen molar-refractivity contribution in [3.8, 4) is 0 Å². The Bertz CT molecular complexity index is 1010. The third-order valence-electron chi connectivity index (χ3n) is 4.08. The van der Waals surface area contributed by atoms with Crippen molar-refractivity contribution in [1.29, 1.82) is 0 Å². The van der Waals surface area contributed by atoms with E-state index in [2.05, 4.69) is 9.97 Å². The molecule has 0 aliphatic heterocycles. The maximum absolute atomic E-state index is 12.7. The first-order valence-electron chi connectivity index (χ1n) is 9.06. The molecule has 28 heavy (non-hydrogen) atoms. The molecule has 2 aromatic heterocycles. The van der Waals surface area contributed by atoms with Gasteiger partial charge in [-0.2, -0.15) is 0 Å². The summed E-state index contributed by atoms with van der Waals surface area (Å²) in [6.45, 7) is 3.92. The molecule has 2 aromatic rings. The molecule has 0 aromatic carbocycles. The SMILES string of the molecule is CCCCc1nc(SCC(=O)CC(=O)OCC)c2c(=O)n(C)c(=O)n(C)c2n1. The van der Waals surface area contributed by atoms with Gasteiger partial charge in [0.15, 0.2) is 11.4 Å². The van der Waals surface area contributed by atoms with E-state index in [-0.39, 0.29) is 35.6 Å². The zero-order chi connectivity index (χ0) is 20.8. The molecule has 0 atom stereocenters. The largest absolute Gasteiger partial charge is 0.466 e. The van der Waals surface area contributed by atoms with Gasteiger partial charge in [-0.3, -0.25) is 23.5 Å². The first-order chi connectivity index (χ1) is 13.3. The van der Waals surface area contributed by atoms with Crippen molar-refractivity contribution < 1.29 is 14.3 Å². The molecule has 0 saturated carbocycles. The highest BCUT2D eigenvalue weighted by Gasteiger charge is 2.19. The quantitative estimate of drug-likeness (QED) is 0.261. The number of carbonyl (C=O) groups is 2. The van der Waals surface area contributed by atoms with Crippen LogP contribution in [-0.2, 0) is 34.8 Å². The number of esters is 1.